The molecule has 0 spiro atoms. The van der Waals surface area contributed by atoms with E-state index >= 15 is 4.39 Å². The number of rotatable bonds is 9. The summed E-state index contributed by atoms with van der Waals surface area (Å²) < 4.78 is 86.2. The van der Waals surface area contributed by atoms with Crippen LogP contribution >= 0.6 is 34.8 Å². The first kappa shape index (κ1) is 33.7. The van der Waals surface area contributed by atoms with Crippen molar-refractivity contribution in [3.05, 3.63) is 98.8 Å². The number of benzene rings is 3. The number of ether oxygens (including phenoxy) is 1. The Morgan fingerprint density at radius 1 is 0.957 bits per heavy atom. The molecule has 0 bridgehead atoms. The molecule has 46 heavy (non-hydrogen) atoms. The summed E-state index contributed by atoms with van der Waals surface area (Å²) in [7, 11) is 0. The fourth-order valence-corrected chi connectivity index (χ4v) is 6.36. The SMILES string of the molecule is O=C1CCC(C(=O)Cc2c(F)ccc(CC(=O)c3cc(NC(=O)[C@H]4[C@H](c5ccc(F)c(C(F)(F)F)c5)C4(Cl)Cl)ccc3Cl)c2F)O1. The molecule has 0 aromatic heterocycles. The molecule has 1 aliphatic carbocycles. The van der Waals surface area contributed by atoms with Gasteiger partial charge in [0, 0.05) is 48.4 Å². The van der Waals surface area contributed by atoms with Crippen LogP contribution in [0.1, 0.15) is 51.4 Å². The Balaban J connectivity index is 1.31. The van der Waals surface area contributed by atoms with E-state index < -0.39 is 93.3 Å². The highest BCUT2D eigenvalue weighted by Gasteiger charge is 2.67. The van der Waals surface area contributed by atoms with Gasteiger partial charge >= 0.3 is 12.1 Å². The highest BCUT2D eigenvalue weighted by atomic mass is 35.5. The van der Waals surface area contributed by atoms with Gasteiger partial charge in [-0.2, -0.15) is 13.2 Å². The minimum atomic E-state index is -5.00. The second-order valence-corrected chi connectivity index (χ2v) is 12.7. The zero-order valence-corrected chi connectivity index (χ0v) is 25.4. The van der Waals surface area contributed by atoms with E-state index in [1.165, 1.54) is 18.2 Å². The van der Waals surface area contributed by atoms with Crippen LogP contribution in [0.15, 0.2) is 48.5 Å². The van der Waals surface area contributed by atoms with Crippen LogP contribution in [0.3, 0.4) is 0 Å². The third-order valence-electron chi connectivity index (χ3n) is 7.74. The molecule has 2 fully saturated rings. The molecule has 15 heteroatoms. The van der Waals surface area contributed by atoms with Crippen molar-refractivity contribution in [2.45, 2.75) is 48.2 Å². The molecule has 0 radical (unpaired) electrons. The summed E-state index contributed by atoms with van der Waals surface area (Å²) in [6.45, 7) is 0. The zero-order valence-electron chi connectivity index (χ0n) is 23.1. The molecule has 3 aromatic rings. The van der Waals surface area contributed by atoms with Gasteiger partial charge in [-0.25, -0.2) is 13.2 Å². The molecule has 242 valence electrons. The van der Waals surface area contributed by atoms with E-state index in [1.807, 2.05) is 0 Å². The van der Waals surface area contributed by atoms with E-state index in [0.29, 0.717) is 12.1 Å². The third-order valence-corrected chi connectivity index (χ3v) is 9.01. The average molecular weight is 707 g/mol. The van der Waals surface area contributed by atoms with Crippen molar-refractivity contribution in [2.24, 2.45) is 5.92 Å². The third kappa shape index (κ3) is 6.74. The highest BCUT2D eigenvalue weighted by Crippen LogP contribution is 2.65. The van der Waals surface area contributed by atoms with E-state index in [9.17, 15) is 41.1 Å². The molecular weight excluding hydrogens is 687 g/mol. The molecular formula is C31H20Cl3F6NO5. The number of cyclic esters (lactones) is 1. The number of esters is 1. The number of hydrogen-bond donors (Lipinski definition) is 1. The minimum Gasteiger partial charge on any atom is -0.454 e. The molecule has 1 saturated carbocycles. The molecule has 1 N–H and O–H groups in total. The lowest BCUT2D eigenvalue weighted by Gasteiger charge is -2.13. The normalized spacial score (nSPS) is 20.3. The Bertz CT molecular complexity index is 1780. The van der Waals surface area contributed by atoms with E-state index in [1.54, 1.807) is 0 Å². The number of hydrogen-bond acceptors (Lipinski definition) is 5. The number of carbonyl (C=O) groups excluding carboxylic acids is 4. The number of anilines is 1. The number of nitrogens with one attached hydrogen (secondary N) is 1. The summed E-state index contributed by atoms with van der Waals surface area (Å²) in [5.74, 6) is -8.90. The monoisotopic (exact) mass is 705 g/mol. The Hall–Kier alpha value is -3.61. The van der Waals surface area contributed by atoms with Crippen molar-refractivity contribution in [1.29, 1.82) is 0 Å². The van der Waals surface area contributed by atoms with E-state index in [-0.39, 0.29) is 40.2 Å². The van der Waals surface area contributed by atoms with Crippen molar-refractivity contribution in [1.82, 2.24) is 0 Å². The molecule has 1 aliphatic heterocycles. The van der Waals surface area contributed by atoms with E-state index in [2.05, 4.69) is 5.32 Å². The van der Waals surface area contributed by atoms with Crippen molar-refractivity contribution < 1.29 is 50.3 Å². The van der Waals surface area contributed by atoms with Gasteiger partial charge in [0.15, 0.2) is 17.7 Å². The van der Waals surface area contributed by atoms with Crippen LogP contribution in [-0.2, 0) is 38.1 Å². The van der Waals surface area contributed by atoms with Crippen molar-refractivity contribution >= 4 is 63.9 Å². The quantitative estimate of drug-likeness (QED) is 0.108. The first-order valence-corrected chi connectivity index (χ1v) is 14.7. The predicted molar refractivity (Wildman–Crippen MR) is 154 cm³/mol. The molecule has 2 aliphatic rings. The second kappa shape index (κ2) is 12.5. The van der Waals surface area contributed by atoms with Gasteiger partial charge in [-0.05, 0) is 47.5 Å². The van der Waals surface area contributed by atoms with Gasteiger partial charge in [0.25, 0.3) is 0 Å². The number of carbonyl (C=O) groups is 4. The largest absolute Gasteiger partial charge is 0.454 e. The maximum Gasteiger partial charge on any atom is 0.419 e. The summed E-state index contributed by atoms with van der Waals surface area (Å²) in [6, 6.07) is 7.84. The summed E-state index contributed by atoms with van der Waals surface area (Å²) >= 11 is 18.7. The standard InChI is InChI=1S/C31H20Cl3F6NO5/c32-19-4-3-15(41-29(45)27-26(30(27,33)34)13-1-6-21(36)18(9-13)31(38,39)40)11-16(19)22(42)10-14-2-5-20(35)17(28(14)37)12-23(43)24-7-8-25(44)46-24/h1-6,9,11,24,26-27H,7-8,10,12H2,(H,41,45)/t24?,26-,27+/m0/s1. The van der Waals surface area contributed by atoms with Crippen LogP contribution in [-0.4, -0.2) is 33.9 Å². The molecule has 5 rings (SSSR count). The zero-order chi connectivity index (χ0) is 33.7. The van der Waals surface area contributed by atoms with Crippen LogP contribution < -0.4 is 5.32 Å². The number of Topliss-reactive ketones (excluding diaryl/α,β-unsaturated/α-hetero) is 2. The molecule has 6 nitrogen and oxygen atoms in total. The van der Waals surface area contributed by atoms with Crippen molar-refractivity contribution in [2.75, 3.05) is 5.32 Å². The highest BCUT2D eigenvalue weighted by molar-refractivity contribution is 6.53. The summed E-state index contributed by atoms with van der Waals surface area (Å²) in [5, 5.41) is 2.39. The van der Waals surface area contributed by atoms with Gasteiger partial charge in [-0.3, -0.25) is 19.2 Å². The topological polar surface area (TPSA) is 89.5 Å². The summed E-state index contributed by atoms with van der Waals surface area (Å²) in [4.78, 5) is 50.0. The van der Waals surface area contributed by atoms with Gasteiger partial charge in [0.05, 0.1) is 16.5 Å². The van der Waals surface area contributed by atoms with Crippen LogP contribution in [0.2, 0.25) is 5.02 Å². The van der Waals surface area contributed by atoms with Crippen LogP contribution in [0.4, 0.5) is 32.0 Å². The van der Waals surface area contributed by atoms with E-state index in [0.717, 1.165) is 18.2 Å². The fourth-order valence-electron chi connectivity index (χ4n) is 5.31. The number of amides is 1. The number of ketones is 2. The Morgan fingerprint density at radius 3 is 2.30 bits per heavy atom. The first-order chi connectivity index (χ1) is 21.5. The average Bonchev–Trinajstić information content (AvgIpc) is 3.29. The smallest absolute Gasteiger partial charge is 0.419 e. The second-order valence-electron chi connectivity index (χ2n) is 10.8. The lowest BCUT2D eigenvalue weighted by molar-refractivity contribution is -0.147. The lowest BCUT2D eigenvalue weighted by atomic mass is 9.96. The number of halogens is 9. The first-order valence-electron chi connectivity index (χ1n) is 13.5. The van der Waals surface area contributed by atoms with Crippen LogP contribution in [0, 0.1) is 23.4 Å². The fraction of sp³-hybridized carbons (Fsp3) is 0.290. The Labute approximate surface area is 271 Å². The maximum absolute atomic E-state index is 15.3. The van der Waals surface area contributed by atoms with Crippen molar-refractivity contribution in [3.8, 4) is 0 Å². The van der Waals surface area contributed by atoms with Crippen LogP contribution in [0.5, 0.6) is 0 Å². The van der Waals surface area contributed by atoms with Crippen LogP contribution in [0.25, 0.3) is 0 Å². The molecule has 1 unspecified atom stereocenters. The van der Waals surface area contributed by atoms with Gasteiger partial charge in [0.1, 0.15) is 21.8 Å². The summed E-state index contributed by atoms with van der Waals surface area (Å²) in [6.07, 6.45) is -7.34. The van der Waals surface area contributed by atoms with E-state index in [4.69, 9.17) is 39.5 Å². The van der Waals surface area contributed by atoms with Gasteiger partial charge in [-0.15, -0.1) is 23.2 Å². The van der Waals surface area contributed by atoms with Gasteiger partial charge < -0.3 is 10.1 Å². The molecule has 1 saturated heterocycles. The molecule has 3 atom stereocenters. The molecule has 1 heterocycles. The summed E-state index contributed by atoms with van der Waals surface area (Å²) in [5.41, 5.74) is -2.66. The Morgan fingerprint density at radius 2 is 1.65 bits per heavy atom. The van der Waals surface area contributed by atoms with Gasteiger partial charge in [0.2, 0.25) is 5.91 Å². The number of alkyl halides is 5. The van der Waals surface area contributed by atoms with Crippen molar-refractivity contribution in [3.63, 3.8) is 0 Å². The maximum atomic E-state index is 15.3. The lowest BCUT2D eigenvalue weighted by Crippen LogP contribution is -2.23. The van der Waals surface area contributed by atoms with Gasteiger partial charge in [-0.1, -0.05) is 23.7 Å². The Kier molecular flexibility index (Phi) is 9.20. The minimum absolute atomic E-state index is 0.00705. The molecule has 3 aromatic carbocycles. The molecule has 1 amide bonds. The predicted octanol–water partition coefficient (Wildman–Crippen LogP) is 7.54.